The summed E-state index contributed by atoms with van der Waals surface area (Å²) < 4.78 is 5.44. The smallest absolute Gasteiger partial charge is 0.410 e. The van der Waals surface area contributed by atoms with Gasteiger partial charge in [-0.3, -0.25) is 9.69 Å². The van der Waals surface area contributed by atoms with Gasteiger partial charge in [0.1, 0.15) is 11.6 Å². The molecule has 0 spiro atoms. The molecule has 1 heterocycles. The molecule has 0 aromatic heterocycles. The molecule has 6 nitrogen and oxygen atoms in total. The summed E-state index contributed by atoms with van der Waals surface area (Å²) in [5, 5.41) is 2.93. The maximum atomic E-state index is 12.9. The van der Waals surface area contributed by atoms with Crippen molar-refractivity contribution in [3.63, 3.8) is 0 Å². The fourth-order valence-corrected chi connectivity index (χ4v) is 3.38. The number of likely N-dealkylation sites (tertiary alicyclic amines) is 1. The van der Waals surface area contributed by atoms with Crippen LogP contribution in [0.4, 0.5) is 16.2 Å². The lowest BCUT2D eigenvalue weighted by atomic mass is 9.97. The second kappa shape index (κ2) is 8.67. The Kier molecular flexibility index (Phi) is 6.75. The zero-order chi connectivity index (χ0) is 21.1. The van der Waals surface area contributed by atoms with Crippen molar-refractivity contribution in [2.45, 2.75) is 72.4 Å². The summed E-state index contributed by atoms with van der Waals surface area (Å²) in [4.78, 5) is 26.8. The lowest BCUT2D eigenvalue weighted by Gasteiger charge is -2.28. The minimum absolute atomic E-state index is 0.229. The van der Waals surface area contributed by atoms with Gasteiger partial charge < -0.3 is 15.8 Å². The van der Waals surface area contributed by atoms with E-state index in [2.05, 4.69) is 12.2 Å². The Bertz CT molecular complexity index is 778. The van der Waals surface area contributed by atoms with E-state index in [1.54, 1.807) is 0 Å². The third-order valence-electron chi connectivity index (χ3n) is 4.96. The number of nitrogen functional groups attached to an aromatic ring is 1. The quantitative estimate of drug-likeness (QED) is 0.740. The van der Waals surface area contributed by atoms with Gasteiger partial charge in [0.05, 0.1) is 11.4 Å². The van der Waals surface area contributed by atoms with E-state index in [-0.39, 0.29) is 5.91 Å². The van der Waals surface area contributed by atoms with Crippen molar-refractivity contribution >= 4 is 28.9 Å². The predicted molar refractivity (Wildman–Crippen MR) is 114 cm³/mol. The number of benzene rings is 1. The van der Waals surface area contributed by atoms with Gasteiger partial charge in [0.2, 0.25) is 5.91 Å². The predicted octanol–water partition coefficient (Wildman–Crippen LogP) is 4.59. The SMILES string of the molecule is CC=C(C)c1cc(N)c(NC(=O)C2CCCN2C(=O)OC(C)(C)C)cc1CC. The molecular weight excluding hydrogens is 354 g/mol. The molecule has 1 atom stereocenters. The molecule has 0 bridgehead atoms. The Morgan fingerprint density at radius 2 is 2.04 bits per heavy atom. The number of anilines is 2. The van der Waals surface area contributed by atoms with E-state index in [0.29, 0.717) is 24.3 Å². The topological polar surface area (TPSA) is 84.7 Å². The molecule has 1 aliphatic rings. The molecule has 1 fully saturated rings. The average molecular weight is 388 g/mol. The van der Waals surface area contributed by atoms with E-state index >= 15 is 0 Å². The van der Waals surface area contributed by atoms with Crippen molar-refractivity contribution in [1.29, 1.82) is 0 Å². The molecule has 6 heteroatoms. The van der Waals surface area contributed by atoms with Crippen LogP contribution in [0.2, 0.25) is 0 Å². The van der Waals surface area contributed by atoms with Crippen LogP contribution in [0, 0.1) is 0 Å². The Balaban J connectivity index is 2.21. The molecule has 3 N–H and O–H groups in total. The number of rotatable bonds is 4. The Morgan fingerprint density at radius 1 is 1.36 bits per heavy atom. The van der Waals surface area contributed by atoms with Crippen LogP contribution in [0.1, 0.15) is 65.5 Å². The molecule has 154 valence electrons. The van der Waals surface area contributed by atoms with Crippen molar-refractivity contribution in [1.82, 2.24) is 4.90 Å². The van der Waals surface area contributed by atoms with Crippen molar-refractivity contribution in [2.75, 3.05) is 17.6 Å². The molecule has 0 radical (unpaired) electrons. The molecule has 28 heavy (non-hydrogen) atoms. The summed E-state index contributed by atoms with van der Waals surface area (Å²) in [6.45, 7) is 12.1. The van der Waals surface area contributed by atoms with E-state index in [9.17, 15) is 9.59 Å². The van der Waals surface area contributed by atoms with E-state index in [1.807, 2.05) is 52.8 Å². The normalized spacial score (nSPS) is 17.6. The lowest BCUT2D eigenvalue weighted by Crippen LogP contribution is -2.45. The van der Waals surface area contributed by atoms with Crippen LogP contribution in [0.5, 0.6) is 0 Å². The number of ether oxygens (including phenoxy) is 1. The van der Waals surface area contributed by atoms with Gasteiger partial charge in [0, 0.05) is 6.54 Å². The molecule has 0 saturated carbocycles. The van der Waals surface area contributed by atoms with Crippen LogP contribution >= 0.6 is 0 Å². The standard InChI is InChI=1S/C22H33N3O3/c1-7-14(3)16-13-17(23)18(12-15(16)8-2)24-20(26)19-10-9-11-25(19)21(27)28-22(4,5)6/h7,12-13,19H,8-11,23H2,1-6H3,(H,24,26). The third-order valence-corrected chi connectivity index (χ3v) is 4.96. The summed E-state index contributed by atoms with van der Waals surface area (Å²) in [6, 6.07) is 3.29. The molecule has 2 amide bonds. The van der Waals surface area contributed by atoms with Crippen LogP contribution in [-0.4, -0.2) is 35.1 Å². The average Bonchev–Trinajstić information content (AvgIpc) is 3.11. The summed E-state index contributed by atoms with van der Waals surface area (Å²) in [5.41, 5.74) is 10.1. The summed E-state index contributed by atoms with van der Waals surface area (Å²) in [6.07, 6.45) is 3.81. The van der Waals surface area contributed by atoms with E-state index in [4.69, 9.17) is 10.5 Å². The highest BCUT2D eigenvalue weighted by molar-refractivity contribution is 5.99. The van der Waals surface area contributed by atoms with Crippen LogP contribution in [-0.2, 0) is 16.0 Å². The van der Waals surface area contributed by atoms with Gasteiger partial charge in [0.15, 0.2) is 0 Å². The van der Waals surface area contributed by atoms with Crippen LogP contribution in [0.3, 0.4) is 0 Å². The number of hydrogen-bond donors (Lipinski definition) is 2. The molecule has 2 rings (SSSR count). The second-order valence-corrected chi connectivity index (χ2v) is 8.24. The van der Waals surface area contributed by atoms with Gasteiger partial charge in [-0.15, -0.1) is 0 Å². The van der Waals surface area contributed by atoms with E-state index in [0.717, 1.165) is 29.5 Å². The maximum Gasteiger partial charge on any atom is 0.410 e. The zero-order valence-corrected chi connectivity index (χ0v) is 17.9. The van der Waals surface area contributed by atoms with Crippen molar-refractivity contribution < 1.29 is 14.3 Å². The number of nitrogens with zero attached hydrogens (tertiary/aromatic N) is 1. The summed E-state index contributed by atoms with van der Waals surface area (Å²) in [7, 11) is 0. The molecule has 1 aromatic carbocycles. The van der Waals surface area contributed by atoms with Gasteiger partial charge in [0.25, 0.3) is 0 Å². The highest BCUT2D eigenvalue weighted by Crippen LogP contribution is 2.30. The van der Waals surface area contributed by atoms with Crippen molar-refractivity contribution in [3.8, 4) is 0 Å². The number of amides is 2. The first-order valence-corrected chi connectivity index (χ1v) is 9.93. The fourth-order valence-electron chi connectivity index (χ4n) is 3.38. The number of hydrogen-bond acceptors (Lipinski definition) is 4. The second-order valence-electron chi connectivity index (χ2n) is 8.24. The van der Waals surface area contributed by atoms with Crippen LogP contribution in [0.15, 0.2) is 18.2 Å². The molecule has 1 aliphatic heterocycles. The summed E-state index contributed by atoms with van der Waals surface area (Å²) in [5.74, 6) is -0.229. The molecule has 1 aromatic rings. The van der Waals surface area contributed by atoms with Gasteiger partial charge in [-0.05, 0) is 82.7 Å². The third kappa shape index (κ3) is 5.06. The fraction of sp³-hybridized carbons (Fsp3) is 0.545. The Labute approximate surface area is 168 Å². The number of nitrogens with one attached hydrogen (secondary N) is 1. The molecule has 1 unspecified atom stereocenters. The minimum atomic E-state index is -0.596. The molecular formula is C22H33N3O3. The highest BCUT2D eigenvalue weighted by Gasteiger charge is 2.36. The zero-order valence-electron chi connectivity index (χ0n) is 17.9. The Morgan fingerprint density at radius 3 is 2.61 bits per heavy atom. The maximum absolute atomic E-state index is 12.9. The van der Waals surface area contributed by atoms with Gasteiger partial charge in [-0.25, -0.2) is 4.79 Å². The van der Waals surface area contributed by atoms with Crippen LogP contribution < -0.4 is 11.1 Å². The number of allylic oxidation sites excluding steroid dienone is 2. The van der Waals surface area contributed by atoms with Gasteiger partial charge >= 0.3 is 6.09 Å². The highest BCUT2D eigenvalue weighted by atomic mass is 16.6. The number of carbonyl (C=O) groups excluding carboxylic acids is 2. The summed E-state index contributed by atoms with van der Waals surface area (Å²) >= 11 is 0. The number of aryl methyl sites for hydroxylation is 1. The largest absolute Gasteiger partial charge is 0.444 e. The molecule has 1 saturated heterocycles. The number of nitrogens with two attached hydrogens (primary N) is 1. The van der Waals surface area contributed by atoms with Gasteiger partial charge in [-0.1, -0.05) is 13.0 Å². The lowest BCUT2D eigenvalue weighted by molar-refractivity contribution is -0.120. The molecule has 0 aliphatic carbocycles. The first-order chi connectivity index (χ1) is 13.1. The Hall–Kier alpha value is -2.50. The first-order valence-electron chi connectivity index (χ1n) is 9.93. The van der Waals surface area contributed by atoms with Crippen molar-refractivity contribution in [2.24, 2.45) is 0 Å². The minimum Gasteiger partial charge on any atom is -0.444 e. The monoisotopic (exact) mass is 387 g/mol. The van der Waals surface area contributed by atoms with Crippen LogP contribution in [0.25, 0.3) is 5.57 Å². The van der Waals surface area contributed by atoms with E-state index < -0.39 is 17.7 Å². The first kappa shape index (κ1) is 21.8. The number of carbonyl (C=O) groups is 2. The van der Waals surface area contributed by atoms with Crippen molar-refractivity contribution in [3.05, 3.63) is 29.3 Å². The van der Waals surface area contributed by atoms with E-state index in [1.165, 1.54) is 4.90 Å². The van der Waals surface area contributed by atoms with Gasteiger partial charge in [-0.2, -0.15) is 0 Å².